The van der Waals surface area contributed by atoms with Gasteiger partial charge in [0, 0.05) is 43.3 Å². The van der Waals surface area contributed by atoms with E-state index in [1.54, 1.807) is 0 Å². The summed E-state index contributed by atoms with van der Waals surface area (Å²) in [7, 11) is 0. The van der Waals surface area contributed by atoms with Crippen LogP contribution in [0.5, 0.6) is 0 Å². The van der Waals surface area contributed by atoms with E-state index >= 15 is 0 Å². The summed E-state index contributed by atoms with van der Waals surface area (Å²) in [5.74, 6) is 2.25. The Morgan fingerprint density at radius 3 is 2.54 bits per heavy atom. The molecule has 0 amide bonds. The lowest BCUT2D eigenvalue weighted by Gasteiger charge is -1.98. The number of imidazole rings is 2. The lowest BCUT2D eigenvalue weighted by atomic mass is 10.1. The largest absolute Gasteiger partial charge is 0.327 e. The zero-order valence-electron chi connectivity index (χ0n) is 13.1. The Morgan fingerprint density at radius 2 is 1.58 bits per heavy atom. The number of benzene rings is 2. The zero-order chi connectivity index (χ0) is 15.9. The monoisotopic (exact) mass is 312 g/mol. The van der Waals surface area contributed by atoms with Gasteiger partial charge in [0.15, 0.2) is 0 Å². The van der Waals surface area contributed by atoms with Gasteiger partial charge in [0.1, 0.15) is 11.6 Å². The molecule has 4 nitrogen and oxygen atoms in total. The maximum absolute atomic E-state index is 4.30. The van der Waals surface area contributed by atoms with Crippen LogP contribution in [0.4, 0.5) is 0 Å². The van der Waals surface area contributed by atoms with Gasteiger partial charge in [0.2, 0.25) is 0 Å². The molecule has 0 saturated carbocycles. The predicted octanol–water partition coefficient (Wildman–Crippen LogP) is 3.69. The molecule has 0 N–H and O–H groups in total. The SMILES string of the molecule is c1ccc2c(c1)Cc1nccn1-2.c1ccc2c(c1)Cn1ccnc1-2. The Hall–Kier alpha value is -3.14. The van der Waals surface area contributed by atoms with Crippen LogP contribution in [-0.2, 0) is 13.0 Å². The lowest BCUT2D eigenvalue weighted by molar-refractivity contribution is 0.848. The van der Waals surface area contributed by atoms with E-state index in [0.717, 1.165) is 24.6 Å². The van der Waals surface area contributed by atoms with Gasteiger partial charge in [-0.2, -0.15) is 0 Å². The summed E-state index contributed by atoms with van der Waals surface area (Å²) in [5.41, 5.74) is 5.31. The van der Waals surface area contributed by atoms with Gasteiger partial charge in [-0.05, 0) is 17.2 Å². The van der Waals surface area contributed by atoms with Crippen LogP contribution in [0, 0.1) is 0 Å². The Labute approximate surface area is 140 Å². The molecule has 0 fully saturated rings. The average Bonchev–Trinajstić information content (AvgIpc) is 3.35. The molecule has 2 aliphatic rings. The normalized spacial score (nSPS) is 12.7. The quantitative estimate of drug-likeness (QED) is 0.429. The molecule has 0 atom stereocenters. The van der Waals surface area contributed by atoms with Gasteiger partial charge in [-0.15, -0.1) is 0 Å². The standard InChI is InChI=1S/2C10H8N2/c1-2-4-9-8(3-1)7-12-6-5-11-10(9)12;1-2-4-9-8(3-1)7-10-11-5-6-12(9)10/h2*1-6H,7H2. The molecule has 2 aliphatic heterocycles. The number of nitrogens with zero attached hydrogens (tertiary/aromatic N) is 4. The molecule has 4 heteroatoms. The molecular weight excluding hydrogens is 296 g/mol. The van der Waals surface area contributed by atoms with Gasteiger partial charge in [-0.3, -0.25) is 0 Å². The summed E-state index contributed by atoms with van der Waals surface area (Å²) < 4.78 is 4.32. The van der Waals surface area contributed by atoms with Gasteiger partial charge in [0.25, 0.3) is 0 Å². The van der Waals surface area contributed by atoms with Crippen LogP contribution in [0.25, 0.3) is 17.1 Å². The minimum atomic E-state index is 0.975. The molecule has 116 valence electrons. The molecule has 2 aromatic heterocycles. The van der Waals surface area contributed by atoms with Crippen LogP contribution < -0.4 is 0 Å². The van der Waals surface area contributed by atoms with Crippen molar-refractivity contribution in [3.8, 4) is 17.1 Å². The first-order valence-electron chi connectivity index (χ1n) is 8.10. The van der Waals surface area contributed by atoms with Crippen molar-refractivity contribution in [2.75, 3.05) is 0 Å². The van der Waals surface area contributed by atoms with E-state index in [1.165, 1.54) is 22.4 Å². The first kappa shape index (κ1) is 13.3. The van der Waals surface area contributed by atoms with Crippen LogP contribution in [0.3, 0.4) is 0 Å². The first-order chi connectivity index (χ1) is 11.9. The van der Waals surface area contributed by atoms with E-state index in [-0.39, 0.29) is 0 Å². The van der Waals surface area contributed by atoms with E-state index in [2.05, 4.69) is 67.6 Å². The zero-order valence-corrected chi connectivity index (χ0v) is 13.1. The minimum Gasteiger partial charge on any atom is -0.327 e. The van der Waals surface area contributed by atoms with Crippen molar-refractivity contribution >= 4 is 0 Å². The van der Waals surface area contributed by atoms with Crippen molar-refractivity contribution in [2.45, 2.75) is 13.0 Å². The molecule has 24 heavy (non-hydrogen) atoms. The highest BCUT2D eigenvalue weighted by molar-refractivity contribution is 5.64. The van der Waals surface area contributed by atoms with Crippen LogP contribution in [0.15, 0.2) is 73.3 Å². The molecular formula is C20H16N4. The molecule has 0 spiro atoms. The van der Waals surface area contributed by atoms with Crippen LogP contribution in [0.2, 0.25) is 0 Å². The number of hydrogen-bond acceptors (Lipinski definition) is 2. The molecule has 0 unspecified atom stereocenters. The van der Waals surface area contributed by atoms with Gasteiger partial charge in [-0.25, -0.2) is 9.97 Å². The third-order valence-corrected chi connectivity index (χ3v) is 4.63. The van der Waals surface area contributed by atoms with Crippen molar-refractivity contribution in [2.24, 2.45) is 0 Å². The fraction of sp³-hybridized carbons (Fsp3) is 0.100. The van der Waals surface area contributed by atoms with E-state index < -0.39 is 0 Å². The molecule has 6 rings (SSSR count). The molecule has 0 aliphatic carbocycles. The first-order valence-corrected chi connectivity index (χ1v) is 8.10. The van der Waals surface area contributed by atoms with Gasteiger partial charge < -0.3 is 9.13 Å². The van der Waals surface area contributed by atoms with Crippen molar-refractivity contribution in [3.05, 3.63) is 90.3 Å². The summed E-state index contributed by atoms with van der Waals surface area (Å²) in [6.07, 6.45) is 8.72. The van der Waals surface area contributed by atoms with Crippen molar-refractivity contribution in [1.82, 2.24) is 19.1 Å². The number of hydrogen-bond donors (Lipinski definition) is 0. The molecule has 0 saturated heterocycles. The second kappa shape index (κ2) is 5.20. The van der Waals surface area contributed by atoms with Crippen molar-refractivity contribution in [1.29, 1.82) is 0 Å². The van der Waals surface area contributed by atoms with Crippen LogP contribution in [0.1, 0.15) is 17.0 Å². The Balaban J connectivity index is 0.000000109. The summed E-state index contributed by atoms with van der Waals surface area (Å²) >= 11 is 0. The Morgan fingerprint density at radius 1 is 0.792 bits per heavy atom. The number of aromatic nitrogens is 4. The average molecular weight is 312 g/mol. The maximum atomic E-state index is 4.30. The number of para-hydroxylation sites is 1. The molecule has 0 radical (unpaired) electrons. The van der Waals surface area contributed by atoms with Crippen molar-refractivity contribution in [3.63, 3.8) is 0 Å². The molecule has 2 aromatic carbocycles. The predicted molar refractivity (Wildman–Crippen MR) is 93.1 cm³/mol. The highest BCUT2D eigenvalue weighted by Crippen LogP contribution is 2.29. The minimum absolute atomic E-state index is 0.975. The van der Waals surface area contributed by atoms with Crippen LogP contribution in [-0.4, -0.2) is 19.1 Å². The maximum Gasteiger partial charge on any atom is 0.140 e. The third kappa shape index (κ3) is 2.00. The van der Waals surface area contributed by atoms with E-state index in [9.17, 15) is 0 Å². The van der Waals surface area contributed by atoms with Gasteiger partial charge in [0.05, 0.1) is 5.69 Å². The Kier molecular flexibility index (Phi) is 2.88. The smallest absolute Gasteiger partial charge is 0.140 e. The molecule has 4 heterocycles. The second-order valence-corrected chi connectivity index (χ2v) is 6.05. The Bertz CT molecular complexity index is 942. The number of fused-ring (bicyclic) bond motifs is 6. The van der Waals surface area contributed by atoms with Gasteiger partial charge >= 0.3 is 0 Å². The fourth-order valence-electron chi connectivity index (χ4n) is 3.49. The second-order valence-electron chi connectivity index (χ2n) is 6.05. The number of rotatable bonds is 0. The van der Waals surface area contributed by atoms with Gasteiger partial charge in [-0.1, -0.05) is 42.5 Å². The highest BCUT2D eigenvalue weighted by atomic mass is 15.1. The fourth-order valence-corrected chi connectivity index (χ4v) is 3.49. The lowest BCUT2D eigenvalue weighted by Crippen LogP contribution is -1.88. The van der Waals surface area contributed by atoms with E-state index in [0.29, 0.717) is 0 Å². The third-order valence-electron chi connectivity index (χ3n) is 4.63. The molecule has 0 bridgehead atoms. The molecule has 4 aromatic rings. The summed E-state index contributed by atoms with van der Waals surface area (Å²) in [6.45, 7) is 0.978. The summed E-state index contributed by atoms with van der Waals surface area (Å²) in [4.78, 5) is 8.58. The topological polar surface area (TPSA) is 35.6 Å². The van der Waals surface area contributed by atoms with Crippen LogP contribution >= 0.6 is 0 Å². The van der Waals surface area contributed by atoms with Crippen molar-refractivity contribution < 1.29 is 0 Å². The highest BCUT2D eigenvalue weighted by Gasteiger charge is 2.17. The van der Waals surface area contributed by atoms with E-state index in [1.807, 2.05) is 24.8 Å². The summed E-state index contributed by atoms with van der Waals surface area (Å²) in [5, 5.41) is 0. The van der Waals surface area contributed by atoms with E-state index in [4.69, 9.17) is 0 Å². The summed E-state index contributed by atoms with van der Waals surface area (Å²) in [6, 6.07) is 16.8.